The van der Waals surface area contributed by atoms with Crippen LogP contribution in [-0.2, 0) is 6.42 Å². The molecule has 0 aliphatic carbocycles. The number of furan rings is 1. The van der Waals surface area contributed by atoms with Gasteiger partial charge in [0.25, 0.3) is 0 Å². The van der Waals surface area contributed by atoms with Gasteiger partial charge in [0.2, 0.25) is 0 Å². The highest BCUT2D eigenvalue weighted by molar-refractivity contribution is 4.98. The minimum atomic E-state index is 0.908. The van der Waals surface area contributed by atoms with E-state index in [0.717, 1.165) is 31.2 Å². The van der Waals surface area contributed by atoms with Crippen molar-refractivity contribution in [3.05, 3.63) is 24.2 Å². The Labute approximate surface area is 84.9 Å². The largest absolute Gasteiger partial charge is 0.469 e. The second kappa shape index (κ2) is 5.17. The molecule has 1 fully saturated rings. The zero-order chi connectivity index (χ0) is 9.64. The lowest BCUT2D eigenvalue weighted by molar-refractivity contribution is 0.322. The second-order valence-corrected chi connectivity index (χ2v) is 3.89. The van der Waals surface area contributed by atoms with E-state index in [2.05, 4.69) is 10.6 Å². The van der Waals surface area contributed by atoms with Gasteiger partial charge < -0.3 is 15.1 Å². The molecule has 1 aromatic rings. The molecule has 0 spiro atoms. The van der Waals surface area contributed by atoms with Gasteiger partial charge in [-0.25, -0.2) is 0 Å². The van der Waals surface area contributed by atoms with E-state index in [9.17, 15) is 0 Å². The molecule has 3 nitrogen and oxygen atoms in total. The number of nitrogens with one attached hydrogen (secondary N) is 2. The van der Waals surface area contributed by atoms with Gasteiger partial charge >= 0.3 is 0 Å². The fourth-order valence-electron chi connectivity index (χ4n) is 1.65. The van der Waals surface area contributed by atoms with Gasteiger partial charge in [0, 0.05) is 13.0 Å². The molecule has 2 heterocycles. The molecule has 2 rings (SSSR count). The summed E-state index contributed by atoms with van der Waals surface area (Å²) >= 11 is 0. The van der Waals surface area contributed by atoms with Crippen molar-refractivity contribution in [1.29, 1.82) is 0 Å². The number of hydrogen-bond donors (Lipinski definition) is 2. The molecular formula is C11H18N2O. The van der Waals surface area contributed by atoms with E-state index >= 15 is 0 Å². The van der Waals surface area contributed by atoms with E-state index in [0.29, 0.717) is 0 Å². The lowest BCUT2D eigenvalue weighted by Crippen LogP contribution is -2.43. The summed E-state index contributed by atoms with van der Waals surface area (Å²) < 4.78 is 5.24. The monoisotopic (exact) mass is 194 g/mol. The maximum Gasteiger partial charge on any atom is 0.105 e. The summed E-state index contributed by atoms with van der Waals surface area (Å²) in [4.78, 5) is 0. The Balaban J connectivity index is 1.47. The molecule has 1 saturated heterocycles. The van der Waals surface area contributed by atoms with Crippen molar-refractivity contribution >= 4 is 0 Å². The minimum Gasteiger partial charge on any atom is -0.469 e. The maximum absolute atomic E-state index is 5.24. The third kappa shape index (κ3) is 2.86. The molecule has 0 bridgehead atoms. The van der Waals surface area contributed by atoms with E-state index < -0.39 is 0 Å². The summed E-state index contributed by atoms with van der Waals surface area (Å²) in [5.74, 6) is 1.98. The van der Waals surface area contributed by atoms with Crippen LogP contribution in [0.4, 0.5) is 0 Å². The molecule has 1 aliphatic rings. The quantitative estimate of drug-likeness (QED) is 0.664. The molecule has 0 atom stereocenters. The lowest BCUT2D eigenvalue weighted by atomic mass is 10.00. The topological polar surface area (TPSA) is 37.2 Å². The van der Waals surface area contributed by atoms with Crippen molar-refractivity contribution in [2.75, 3.05) is 26.2 Å². The summed E-state index contributed by atoms with van der Waals surface area (Å²) in [5, 5.41) is 6.72. The highest BCUT2D eigenvalue weighted by Gasteiger charge is 2.15. The molecule has 0 aromatic carbocycles. The van der Waals surface area contributed by atoms with E-state index in [1.165, 1.54) is 19.5 Å². The minimum absolute atomic E-state index is 0.908. The highest BCUT2D eigenvalue weighted by Crippen LogP contribution is 2.06. The van der Waals surface area contributed by atoms with Gasteiger partial charge in [-0.15, -0.1) is 0 Å². The first-order chi connectivity index (χ1) is 6.95. The Bertz CT molecular complexity index is 242. The molecule has 0 saturated carbocycles. The van der Waals surface area contributed by atoms with Crippen molar-refractivity contribution < 1.29 is 4.42 Å². The van der Waals surface area contributed by atoms with Gasteiger partial charge in [-0.2, -0.15) is 0 Å². The fourth-order valence-corrected chi connectivity index (χ4v) is 1.65. The predicted octanol–water partition coefficient (Wildman–Crippen LogP) is 1.02. The maximum atomic E-state index is 5.24. The third-order valence-corrected chi connectivity index (χ3v) is 2.72. The van der Waals surface area contributed by atoms with Crippen molar-refractivity contribution in [1.82, 2.24) is 10.6 Å². The molecular weight excluding hydrogens is 176 g/mol. The van der Waals surface area contributed by atoms with Crippen LogP contribution in [0.5, 0.6) is 0 Å². The Morgan fingerprint density at radius 1 is 1.43 bits per heavy atom. The van der Waals surface area contributed by atoms with Crippen LogP contribution in [0.1, 0.15) is 12.2 Å². The Morgan fingerprint density at radius 3 is 3.00 bits per heavy atom. The predicted molar refractivity (Wildman–Crippen MR) is 56.3 cm³/mol. The molecule has 0 radical (unpaired) electrons. The van der Waals surface area contributed by atoms with Crippen molar-refractivity contribution in [3.63, 3.8) is 0 Å². The molecule has 3 heteroatoms. The van der Waals surface area contributed by atoms with Crippen LogP contribution in [0, 0.1) is 5.92 Å². The second-order valence-electron chi connectivity index (χ2n) is 3.89. The standard InChI is InChI=1S/C11H18N2O/c1-2-11(14-7-1)4-6-12-5-3-10-8-13-9-10/h1-2,7,10,12-13H,3-6,8-9H2. The first-order valence-electron chi connectivity index (χ1n) is 5.39. The Morgan fingerprint density at radius 2 is 2.36 bits per heavy atom. The average Bonchev–Trinajstić information content (AvgIpc) is 2.60. The molecule has 14 heavy (non-hydrogen) atoms. The van der Waals surface area contributed by atoms with E-state index in [1.54, 1.807) is 6.26 Å². The first-order valence-corrected chi connectivity index (χ1v) is 5.39. The van der Waals surface area contributed by atoms with Crippen LogP contribution in [0.3, 0.4) is 0 Å². The summed E-state index contributed by atoms with van der Waals surface area (Å²) in [6.07, 6.45) is 4.02. The van der Waals surface area contributed by atoms with Crippen LogP contribution in [0.25, 0.3) is 0 Å². The Kier molecular flexibility index (Phi) is 3.60. The van der Waals surface area contributed by atoms with Crippen LogP contribution in [-0.4, -0.2) is 26.2 Å². The highest BCUT2D eigenvalue weighted by atomic mass is 16.3. The molecule has 0 unspecified atom stereocenters. The van der Waals surface area contributed by atoms with Gasteiger partial charge in [0.15, 0.2) is 0 Å². The zero-order valence-corrected chi connectivity index (χ0v) is 8.46. The van der Waals surface area contributed by atoms with Gasteiger partial charge in [0.05, 0.1) is 6.26 Å². The average molecular weight is 194 g/mol. The Hall–Kier alpha value is -0.800. The van der Waals surface area contributed by atoms with Crippen LogP contribution < -0.4 is 10.6 Å². The van der Waals surface area contributed by atoms with Crippen LogP contribution in [0.15, 0.2) is 22.8 Å². The van der Waals surface area contributed by atoms with Crippen LogP contribution >= 0.6 is 0 Å². The normalized spacial score (nSPS) is 16.9. The van der Waals surface area contributed by atoms with Crippen molar-refractivity contribution in [2.24, 2.45) is 5.92 Å². The number of hydrogen-bond acceptors (Lipinski definition) is 3. The first kappa shape index (κ1) is 9.74. The summed E-state index contributed by atoms with van der Waals surface area (Å²) in [7, 11) is 0. The van der Waals surface area contributed by atoms with E-state index in [-0.39, 0.29) is 0 Å². The molecule has 1 aromatic heterocycles. The summed E-state index contributed by atoms with van der Waals surface area (Å²) in [5.41, 5.74) is 0. The fraction of sp³-hybridized carbons (Fsp3) is 0.636. The van der Waals surface area contributed by atoms with Gasteiger partial charge in [0.1, 0.15) is 5.76 Å². The van der Waals surface area contributed by atoms with Gasteiger partial charge in [-0.05, 0) is 44.1 Å². The zero-order valence-electron chi connectivity index (χ0n) is 8.46. The third-order valence-electron chi connectivity index (χ3n) is 2.72. The van der Waals surface area contributed by atoms with Gasteiger partial charge in [-0.1, -0.05) is 0 Å². The smallest absolute Gasteiger partial charge is 0.105 e. The summed E-state index contributed by atoms with van der Waals surface area (Å²) in [6.45, 7) is 4.57. The molecule has 2 N–H and O–H groups in total. The van der Waals surface area contributed by atoms with Gasteiger partial charge in [-0.3, -0.25) is 0 Å². The van der Waals surface area contributed by atoms with Crippen molar-refractivity contribution in [3.8, 4) is 0 Å². The number of rotatable bonds is 6. The van der Waals surface area contributed by atoms with Crippen LogP contribution in [0.2, 0.25) is 0 Å². The summed E-state index contributed by atoms with van der Waals surface area (Å²) in [6, 6.07) is 3.97. The SMILES string of the molecule is c1coc(CCNCCC2CNC2)c1. The lowest BCUT2D eigenvalue weighted by Gasteiger charge is -2.26. The van der Waals surface area contributed by atoms with E-state index in [4.69, 9.17) is 4.42 Å². The van der Waals surface area contributed by atoms with E-state index in [1.807, 2.05) is 12.1 Å². The molecule has 1 aliphatic heterocycles. The molecule has 0 amide bonds. The molecule has 78 valence electrons. The van der Waals surface area contributed by atoms with Crippen molar-refractivity contribution in [2.45, 2.75) is 12.8 Å².